The third-order valence-electron chi connectivity index (χ3n) is 1.76. The molecule has 1 heterocycles. The Labute approximate surface area is 81.9 Å². The van der Waals surface area contributed by atoms with Gasteiger partial charge in [0.25, 0.3) is 0 Å². The van der Waals surface area contributed by atoms with Crippen molar-refractivity contribution in [1.29, 1.82) is 0 Å². The Hall–Kier alpha value is -0.870. The summed E-state index contributed by atoms with van der Waals surface area (Å²) in [5, 5.41) is 6.75. The minimum Gasteiger partial charge on any atom is -0.309 e. The highest BCUT2D eigenvalue weighted by Crippen LogP contribution is 2.14. The first-order chi connectivity index (χ1) is 6.15. The number of carbonyl (C=O) groups excluding carboxylic acids is 1. The fourth-order valence-corrected chi connectivity index (χ4v) is 1.21. The van der Waals surface area contributed by atoms with Crippen molar-refractivity contribution in [2.45, 2.75) is 6.42 Å². The summed E-state index contributed by atoms with van der Waals surface area (Å²) in [5.74, 6) is 0. The third-order valence-corrected chi connectivity index (χ3v) is 2.05. The van der Waals surface area contributed by atoms with Crippen molar-refractivity contribution >= 4 is 17.9 Å². The van der Waals surface area contributed by atoms with Crippen LogP contribution in [0.3, 0.4) is 0 Å². The summed E-state index contributed by atoms with van der Waals surface area (Å²) in [6, 6.07) is 0. The minimum atomic E-state index is 0.253. The SMILES string of the molecule is CN(C)CCc1[nH]nc(Cl)c1C=O. The Kier molecular flexibility index (Phi) is 3.45. The van der Waals surface area contributed by atoms with Crippen LogP contribution in [-0.4, -0.2) is 42.0 Å². The summed E-state index contributed by atoms with van der Waals surface area (Å²) in [6.07, 6.45) is 1.48. The number of halogens is 1. The van der Waals surface area contributed by atoms with E-state index in [1.54, 1.807) is 0 Å². The predicted octanol–water partition coefficient (Wildman–Crippen LogP) is 0.980. The molecule has 0 fully saturated rings. The number of aldehydes is 1. The molecule has 1 N–H and O–H groups in total. The monoisotopic (exact) mass is 201 g/mol. The molecule has 13 heavy (non-hydrogen) atoms. The van der Waals surface area contributed by atoms with Crippen LogP contribution >= 0.6 is 11.6 Å². The summed E-state index contributed by atoms with van der Waals surface area (Å²) < 4.78 is 0. The Bertz CT molecular complexity index is 296. The Balaban J connectivity index is 2.71. The van der Waals surface area contributed by atoms with Crippen molar-refractivity contribution in [3.63, 3.8) is 0 Å². The maximum absolute atomic E-state index is 10.6. The minimum absolute atomic E-state index is 0.253. The molecule has 0 aliphatic heterocycles. The largest absolute Gasteiger partial charge is 0.309 e. The van der Waals surface area contributed by atoms with E-state index in [0.717, 1.165) is 24.9 Å². The van der Waals surface area contributed by atoms with E-state index in [1.165, 1.54) is 0 Å². The van der Waals surface area contributed by atoms with Gasteiger partial charge in [0.15, 0.2) is 11.4 Å². The van der Waals surface area contributed by atoms with Crippen LogP contribution in [0.1, 0.15) is 16.1 Å². The number of aromatic amines is 1. The van der Waals surface area contributed by atoms with Crippen molar-refractivity contribution in [3.8, 4) is 0 Å². The van der Waals surface area contributed by atoms with Gasteiger partial charge in [-0.3, -0.25) is 9.89 Å². The highest BCUT2D eigenvalue weighted by atomic mass is 35.5. The molecule has 0 unspecified atom stereocenters. The van der Waals surface area contributed by atoms with Crippen LogP contribution in [0.4, 0.5) is 0 Å². The molecule has 0 aliphatic rings. The molecule has 0 radical (unpaired) electrons. The van der Waals surface area contributed by atoms with Crippen molar-refractivity contribution in [1.82, 2.24) is 15.1 Å². The zero-order valence-corrected chi connectivity index (χ0v) is 8.43. The predicted molar refractivity (Wildman–Crippen MR) is 51.2 cm³/mol. The van der Waals surface area contributed by atoms with Crippen LogP contribution in [0.15, 0.2) is 0 Å². The van der Waals surface area contributed by atoms with E-state index in [9.17, 15) is 4.79 Å². The van der Waals surface area contributed by atoms with E-state index in [1.807, 2.05) is 19.0 Å². The first-order valence-electron chi connectivity index (χ1n) is 3.97. The standard InChI is InChI=1S/C8H12ClN3O/c1-12(2)4-3-7-6(5-13)8(9)11-10-7/h5H,3-4H2,1-2H3,(H,10,11). The van der Waals surface area contributed by atoms with Crippen molar-refractivity contribution in [2.24, 2.45) is 0 Å². The fraction of sp³-hybridized carbons (Fsp3) is 0.500. The van der Waals surface area contributed by atoms with Crippen molar-refractivity contribution in [3.05, 3.63) is 16.4 Å². The second kappa shape index (κ2) is 4.39. The average Bonchev–Trinajstić information content (AvgIpc) is 2.42. The van der Waals surface area contributed by atoms with Crippen LogP contribution in [0.25, 0.3) is 0 Å². The lowest BCUT2D eigenvalue weighted by atomic mass is 10.2. The van der Waals surface area contributed by atoms with E-state index in [-0.39, 0.29) is 5.15 Å². The van der Waals surface area contributed by atoms with Gasteiger partial charge < -0.3 is 4.90 Å². The second-order valence-corrected chi connectivity index (χ2v) is 3.44. The van der Waals surface area contributed by atoms with E-state index in [4.69, 9.17) is 11.6 Å². The molecule has 4 nitrogen and oxygen atoms in total. The van der Waals surface area contributed by atoms with Gasteiger partial charge in [-0.25, -0.2) is 0 Å². The fourth-order valence-electron chi connectivity index (χ4n) is 1.01. The first kappa shape index (κ1) is 10.2. The molecule has 0 spiro atoms. The molecular weight excluding hydrogens is 190 g/mol. The summed E-state index contributed by atoms with van der Waals surface area (Å²) in [7, 11) is 3.94. The van der Waals surface area contributed by atoms with Crippen LogP contribution in [0.5, 0.6) is 0 Å². The van der Waals surface area contributed by atoms with E-state index in [0.29, 0.717) is 5.56 Å². The number of likely N-dealkylation sites (N-methyl/N-ethyl adjacent to an activating group) is 1. The van der Waals surface area contributed by atoms with Crippen molar-refractivity contribution in [2.75, 3.05) is 20.6 Å². The first-order valence-corrected chi connectivity index (χ1v) is 4.35. The number of rotatable bonds is 4. The lowest BCUT2D eigenvalue weighted by Crippen LogP contribution is -2.15. The van der Waals surface area contributed by atoms with Crippen LogP contribution in [-0.2, 0) is 6.42 Å². The number of aromatic nitrogens is 2. The van der Waals surface area contributed by atoms with Gasteiger partial charge in [0.05, 0.1) is 5.56 Å². The van der Waals surface area contributed by atoms with E-state index < -0.39 is 0 Å². The molecule has 72 valence electrons. The number of nitrogens with one attached hydrogen (secondary N) is 1. The number of H-pyrrole nitrogens is 1. The van der Waals surface area contributed by atoms with Gasteiger partial charge in [0.2, 0.25) is 0 Å². The third kappa shape index (κ3) is 2.54. The Morgan fingerprint density at radius 2 is 2.31 bits per heavy atom. The molecule has 1 rings (SSSR count). The van der Waals surface area contributed by atoms with E-state index in [2.05, 4.69) is 10.2 Å². The van der Waals surface area contributed by atoms with Gasteiger partial charge >= 0.3 is 0 Å². The van der Waals surface area contributed by atoms with Gasteiger partial charge in [-0.2, -0.15) is 5.10 Å². The van der Waals surface area contributed by atoms with Gasteiger partial charge in [-0.1, -0.05) is 11.6 Å². The molecule has 1 aromatic heterocycles. The number of hydrogen-bond acceptors (Lipinski definition) is 3. The Morgan fingerprint density at radius 1 is 1.62 bits per heavy atom. The van der Waals surface area contributed by atoms with Gasteiger partial charge in [0, 0.05) is 18.7 Å². The summed E-state index contributed by atoms with van der Waals surface area (Å²) >= 11 is 5.67. The van der Waals surface area contributed by atoms with E-state index >= 15 is 0 Å². The van der Waals surface area contributed by atoms with Crippen LogP contribution in [0.2, 0.25) is 5.15 Å². The second-order valence-electron chi connectivity index (χ2n) is 3.08. The summed E-state index contributed by atoms with van der Waals surface area (Å²) in [6.45, 7) is 0.860. The average molecular weight is 202 g/mol. The molecule has 0 atom stereocenters. The summed E-state index contributed by atoms with van der Waals surface area (Å²) in [5.41, 5.74) is 1.28. The quantitative estimate of drug-likeness (QED) is 0.739. The topological polar surface area (TPSA) is 49.0 Å². The van der Waals surface area contributed by atoms with Crippen LogP contribution in [0, 0.1) is 0 Å². The zero-order valence-electron chi connectivity index (χ0n) is 7.67. The molecule has 0 bridgehead atoms. The summed E-state index contributed by atoms with van der Waals surface area (Å²) in [4.78, 5) is 12.6. The normalized spacial score (nSPS) is 10.8. The highest BCUT2D eigenvalue weighted by Gasteiger charge is 2.09. The van der Waals surface area contributed by atoms with Crippen LogP contribution < -0.4 is 0 Å². The lowest BCUT2D eigenvalue weighted by Gasteiger charge is -2.07. The van der Waals surface area contributed by atoms with Gasteiger partial charge in [-0.15, -0.1) is 0 Å². The molecular formula is C8H12ClN3O. The number of nitrogens with zero attached hydrogens (tertiary/aromatic N) is 2. The highest BCUT2D eigenvalue weighted by molar-refractivity contribution is 6.31. The molecule has 5 heteroatoms. The lowest BCUT2D eigenvalue weighted by molar-refractivity contribution is 0.112. The Morgan fingerprint density at radius 3 is 2.85 bits per heavy atom. The molecule has 0 saturated carbocycles. The number of hydrogen-bond donors (Lipinski definition) is 1. The van der Waals surface area contributed by atoms with Gasteiger partial charge in [0.1, 0.15) is 0 Å². The molecule has 0 aromatic carbocycles. The van der Waals surface area contributed by atoms with Crippen molar-refractivity contribution < 1.29 is 4.79 Å². The molecule has 0 amide bonds. The smallest absolute Gasteiger partial charge is 0.161 e. The zero-order chi connectivity index (χ0) is 9.84. The molecule has 0 aliphatic carbocycles. The number of carbonyl (C=O) groups is 1. The van der Waals surface area contributed by atoms with Gasteiger partial charge in [-0.05, 0) is 14.1 Å². The maximum Gasteiger partial charge on any atom is 0.161 e. The molecule has 1 aromatic rings. The molecule has 0 saturated heterocycles. The maximum atomic E-state index is 10.6.